The largest absolute Gasteiger partial charge is 0.466 e. The summed E-state index contributed by atoms with van der Waals surface area (Å²) in [5.74, 6) is 0.721. The summed E-state index contributed by atoms with van der Waals surface area (Å²) < 4.78 is 5.33. The molecule has 1 aliphatic carbocycles. The van der Waals surface area contributed by atoms with Crippen molar-refractivity contribution in [3.63, 3.8) is 0 Å². The quantitative estimate of drug-likeness (QED) is 0.630. The topological polar surface area (TPSA) is 52.1 Å². The molecule has 0 radical (unpaired) electrons. The van der Waals surface area contributed by atoms with Crippen molar-refractivity contribution in [3.8, 4) is 11.4 Å². The number of carbonyl (C=O) groups excluding carboxylic acids is 1. The molecule has 1 aromatic heterocycles. The Kier molecular flexibility index (Phi) is 4.71. The first-order chi connectivity index (χ1) is 13.2. The molecule has 4 heteroatoms. The van der Waals surface area contributed by atoms with E-state index in [0.29, 0.717) is 12.4 Å². The Morgan fingerprint density at radius 3 is 2.33 bits per heavy atom. The van der Waals surface area contributed by atoms with Gasteiger partial charge < -0.3 is 4.74 Å². The normalized spacial score (nSPS) is 20.9. The molecule has 1 heterocycles. The van der Waals surface area contributed by atoms with E-state index in [1.54, 1.807) is 0 Å². The second-order valence-electron chi connectivity index (χ2n) is 6.95. The predicted octanol–water partition coefficient (Wildman–Crippen LogP) is 4.51. The molecule has 2 aromatic carbocycles. The maximum atomic E-state index is 12.5. The van der Waals surface area contributed by atoms with Crippen LogP contribution in [0.5, 0.6) is 0 Å². The molecule has 0 aliphatic heterocycles. The fourth-order valence-corrected chi connectivity index (χ4v) is 3.77. The van der Waals surface area contributed by atoms with Crippen LogP contribution in [0.4, 0.5) is 0 Å². The Labute approximate surface area is 159 Å². The maximum absolute atomic E-state index is 12.5. The standard InChI is InChI=1S/C23H22N2O2/c1-3-27-23(26)21-19(16-8-5-4-6-9-16)20(21)17-10-7-11-18(12-17)22-24-13-15(2)14-25-22/h4-14,19-21H,3H2,1-2H3/t19-,20-,21-/m1/s1. The van der Waals surface area contributed by atoms with Gasteiger partial charge in [0, 0.05) is 29.8 Å². The number of esters is 1. The minimum absolute atomic E-state index is 0.117. The van der Waals surface area contributed by atoms with Crippen molar-refractivity contribution in [1.29, 1.82) is 0 Å². The lowest BCUT2D eigenvalue weighted by molar-refractivity contribution is -0.144. The highest BCUT2D eigenvalue weighted by Crippen LogP contribution is 2.61. The third-order valence-corrected chi connectivity index (χ3v) is 5.07. The summed E-state index contributed by atoms with van der Waals surface area (Å²) in [6, 6.07) is 18.4. The smallest absolute Gasteiger partial charge is 0.310 e. The summed E-state index contributed by atoms with van der Waals surface area (Å²) in [6.45, 7) is 4.22. The lowest BCUT2D eigenvalue weighted by atomic mass is 10.0. The minimum atomic E-state index is -0.137. The Balaban J connectivity index is 1.67. The lowest BCUT2D eigenvalue weighted by Gasteiger charge is -2.05. The van der Waals surface area contributed by atoms with Crippen molar-refractivity contribution in [2.45, 2.75) is 25.7 Å². The molecule has 3 atom stereocenters. The number of hydrogen-bond acceptors (Lipinski definition) is 4. The predicted molar refractivity (Wildman–Crippen MR) is 104 cm³/mol. The molecule has 1 saturated carbocycles. The highest BCUT2D eigenvalue weighted by Gasteiger charge is 2.57. The number of aryl methyl sites for hydroxylation is 1. The molecule has 0 unspecified atom stereocenters. The average Bonchev–Trinajstić information content (AvgIpc) is 3.45. The monoisotopic (exact) mass is 358 g/mol. The third-order valence-electron chi connectivity index (χ3n) is 5.07. The minimum Gasteiger partial charge on any atom is -0.466 e. The van der Waals surface area contributed by atoms with E-state index < -0.39 is 0 Å². The van der Waals surface area contributed by atoms with E-state index in [4.69, 9.17) is 4.74 Å². The lowest BCUT2D eigenvalue weighted by Crippen LogP contribution is -2.08. The van der Waals surface area contributed by atoms with Gasteiger partial charge in [-0.2, -0.15) is 0 Å². The summed E-state index contributed by atoms with van der Waals surface area (Å²) in [5.41, 5.74) is 4.30. The summed E-state index contributed by atoms with van der Waals surface area (Å²) in [7, 11) is 0. The summed E-state index contributed by atoms with van der Waals surface area (Å²) in [5, 5.41) is 0. The number of rotatable bonds is 5. The van der Waals surface area contributed by atoms with Gasteiger partial charge in [0.2, 0.25) is 0 Å². The zero-order valence-electron chi connectivity index (χ0n) is 15.5. The van der Waals surface area contributed by atoms with Crippen LogP contribution in [0.15, 0.2) is 67.0 Å². The Morgan fingerprint density at radius 2 is 1.63 bits per heavy atom. The molecule has 0 saturated heterocycles. The van der Waals surface area contributed by atoms with E-state index >= 15 is 0 Å². The number of ether oxygens (including phenoxy) is 1. The summed E-state index contributed by atoms with van der Waals surface area (Å²) in [4.78, 5) is 21.4. The Hall–Kier alpha value is -3.01. The number of benzene rings is 2. The second-order valence-corrected chi connectivity index (χ2v) is 6.95. The van der Waals surface area contributed by atoms with Gasteiger partial charge in [-0.25, -0.2) is 9.97 Å². The zero-order chi connectivity index (χ0) is 18.8. The van der Waals surface area contributed by atoms with Gasteiger partial charge in [0.05, 0.1) is 12.5 Å². The molecule has 0 bridgehead atoms. The van der Waals surface area contributed by atoms with Crippen LogP contribution in [-0.4, -0.2) is 22.5 Å². The van der Waals surface area contributed by atoms with Crippen LogP contribution >= 0.6 is 0 Å². The summed E-state index contributed by atoms with van der Waals surface area (Å²) >= 11 is 0. The highest BCUT2D eigenvalue weighted by molar-refractivity contribution is 5.80. The van der Waals surface area contributed by atoms with Crippen LogP contribution in [0.1, 0.15) is 35.4 Å². The maximum Gasteiger partial charge on any atom is 0.310 e. The summed E-state index contributed by atoms with van der Waals surface area (Å²) in [6.07, 6.45) is 3.64. The van der Waals surface area contributed by atoms with Gasteiger partial charge in [0.1, 0.15) is 0 Å². The number of nitrogens with zero attached hydrogens (tertiary/aromatic N) is 2. The molecule has 0 N–H and O–H groups in total. The van der Waals surface area contributed by atoms with Crippen LogP contribution in [0.25, 0.3) is 11.4 Å². The third kappa shape index (κ3) is 3.47. The van der Waals surface area contributed by atoms with Crippen LogP contribution in [0.3, 0.4) is 0 Å². The van der Waals surface area contributed by atoms with Gasteiger partial charge in [0.15, 0.2) is 5.82 Å². The molecule has 3 aromatic rings. The molecule has 136 valence electrons. The first-order valence-electron chi connectivity index (χ1n) is 9.29. The molecule has 1 aliphatic rings. The molecule has 4 nitrogen and oxygen atoms in total. The van der Waals surface area contributed by atoms with Crippen molar-refractivity contribution < 1.29 is 9.53 Å². The van der Waals surface area contributed by atoms with Gasteiger partial charge in [-0.15, -0.1) is 0 Å². The van der Waals surface area contributed by atoms with Gasteiger partial charge in [-0.1, -0.05) is 48.5 Å². The van der Waals surface area contributed by atoms with E-state index in [1.165, 1.54) is 5.56 Å². The SMILES string of the molecule is CCOC(=O)[C@@H]1[C@H](c2ccccc2)[C@H]1c1cccc(-c2ncc(C)cn2)c1. The fraction of sp³-hybridized carbons (Fsp3) is 0.261. The van der Waals surface area contributed by atoms with Gasteiger partial charge in [0.25, 0.3) is 0 Å². The van der Waals surface area contributed by atoms with Gasteiger partial charge >= 0.3 is 5.97 Å². The molecule has 0 amide bonds. The fourth-order valence-electron chi connectivity index (χ4n) is 3.77. The first-order valence-corrected chi connectivity index (χ1v) is 9.29. The van der Waals surface area contributed by atoms with Crippen LogP contribution in [0.2, 0.25) is 0 Å². The van der Waals surface area contributed by atoms with Crippen molar-refractivity contribution in [1.82, 2.24) is 9.97 Å². The van der Waals surface area contributed by atoms with Crippen molar-refractivity contribution >= 4 is 5.97 Å². The van der Waals surface area contributed by atoms with Crippen molar-refractivity contribution in [3.05, 3.63) is 83.7 Å². The molecule has 27 heavy (non-hydrogen) atoms. The van der Waals surface area contributed by atoms with E-state index in [-0.39, 0.29) is 23.7 Å². The van der Waals surface area contributed by atoms with Crippen molar-refractivity contribution in [2.24, 2.45) is 5.92 Å². The van der Waals surface area contributed by atoms with E-state index in [1.807, 2.05) is 56.6 Å². The molecular formula is C23H22N2O2. The van der Waals surface area contributed by atoms with E-state index in [0.717, 1.165) is 16.7 Å². The van der Waals surface area contributed by atoms with E-state index in [9.17, 15) is 4.79 Å². The Morgan fingerprint density at radius 1 is 0.963 bits per heavy atom. The van der Waals surface area contributed by atoms with Crippen molar-refractivity contribution in [2.75, 3.05) is 6.61 Å². The molecule has 4 rings (SSSR count). The average molecular weight is 358 g/mol. The van der Waals surface area contributed by atoms with Crippen LogP contribution in [0, 0.1) is 12.8 Å². The van der Waals surface area contributed by atoms with Gasteiger partial charge in [-0.3, -0.25) is 4.79 Å². The molecular weight excluding hydrogens is 336 g/mol. The number of carbonyl (C=O) groups is 1. The van der Waals surface area contributed by atoms with Gasteiger partial charge in [-0.05, 0) is 36.6 Å². The van der Waals surface area contributed by atoms with Crippen LogP contribution in [-0.2, 0) is 9.53 Å². The number of hydrogen-bond donors (Lipinski definition) is 0. The van der Waals surface area contributed by atoms with Crippen LogP contribution < -0.4 is 0 Å². The Bertz CT molecular complexity index is 938. The second kappa shape index (κ2) is 7.31. The number of aromatic nitrogens is 2. The molecule has 1 fully saturated rings. The first kappa shape index (κ1) is 17.4. The highest BCUT2D eigenvalue weighted by atomic mass is 16.5. The van der Waals surface area contributed by atoms with E-state index in [2.05, 4.69) is 34.2 Å². The molecule has 0 spiro atoms. The zero-order valence-corrected chi connectivity index (χ0v) is 15.5.